The SMILES string of the molecule is N#Cc1cnc(OC2CCNC2)nc1-n1cnc2c#cccc21. The van der Waals surface area contributed by atoms with Gasteiger partial charge in [0.05, 0.1) is 11.7 Å². The molecule has 3 aromatic rings. The number of hydrogen-bond acceptors (Lipinski definition) is 6. The Balaban J connectivity index is 1.78. The van der Waals surface area contributed by atoms with Gasteiger partial charge in [-0.3, -0.25) is 4.57 Å². The summed E-state index contributed by atoms with van der Waals surface area (Å²) in [6, 6.07) is 11.8. The summed E-state index contributed by atoms with van der Waals surface area (Å²) < 4.78 is 7.52. The third-order valence-electron chi connectivity index (χ3n) is 3.70. The van der Waals surface area contributed by atoms with Crippen molar-refractivity contribution < 1.29 is 4.74 Å². The van der Waals surface area contributed by atoms with E-state index >= 15 is 0 Å². The predicted molar refractivity (Wildman–Crippen MR) is 80.9 cm³/mol. The Hall–Kier alpha value is -3.16. The zero-order chi connectivity index (χ0) is 15.6. The van der Waals surface area contributed by atoms with Gasteiger partial charge in [0.1, 0.15) is 29.6 Å². The molecule has 1 atom stereocenters. The van der Waals surface area contributed by atoms with Crippen LogP contribution in [-0.4, -0.2) is 38.7 Å². The van der Waals surface area contributed by atoms with E-state index in [1.807, 2.05) is 6.07 Å². The molecule has 0 radical (unpaired) electrons. The molecule has 7 heteroatoms. The third-order valence-corrected chi connectivity index (χ3v) is 3.70. The predicted octanol–water partition coefficient (Wildman–Crippen LogP) is 1.03. The van der Waals surface area contributed by atoms with Crippen molar-refractivity contribution in [2.75, 3.05) is 13.1 Å². The van der Waals surface area contributed by atoms with Crippen molar-refractivity contribution in [3.8, 4) is 17.9 Å². The van der Waals surface area contributed by atoms with Gasteiger partial charge in [0, 0.05) is 6.54 Å². The van der Waals surface area contributed by atoms with Crippen molar-refractivity contribution in [1.82, 2.24) is 24.8 Å². The van der Waals surface area contributed by atoms with Crippen molar-refractivity contribution in [3.63, 3.8) is 0 Å². The van der Waals surface area contributed by atoms with Gasteiger partial charge in [0.2, 0.25) is 0 Å². The molecule has 4 rings (SSSR count). The number of hydrogen-bond donors (Lipinski definition) is 1. The smallest absolute Gasteiger partial charge is 0.318 e. The van der Waals surface area contributed by atoms with Crippen LogP contribution in [0.25, 0.3) is 16.9 Å². The highest BCUT2D eigenvalue weighted by molar-refractivity contribution is 5.75. The molecular formula is C16H12N6O. The van der Waals surface area contributed by atoms with Crippen molar-refractivity contribution >= 4 is 11.0 Å². The van der Waals surface area contributed by atoms with E-state index in [0.717, 1.165) is 25.0 Å². The molecule has 1 aliphatic rings. The number of aromatic nitrogens is 4. The molecule has 23 heavy (non-hydrogen) atoms. The Morgan fingerprint density at radius 3 is 3.22 bits per heavy atom. The van der Waals surface area contributed by atoms with Crippen LogP contribution < -0.4 is 10.1 Å². The molecule has 2 aromatic heterocycles. The second-order valence-corrected chi connectivity index (χ2v) is 5.19. The van der Waals surface area contributed by atoms with Crippen molar-refractivity contribution in [3.05, 3.63) is 42.4 Å². The Bertz CT molecular complexity index is 891. The zero-order valence-electron chi connectivity index (χ0n) is 12.2. The Labute approximate surface area is 132 Å². The summed E-state index contributed by atoms with van der Waals surface area (Å²) in [5, 5.41) is 12.6. The molecular weight excluding hydrogens is 292 g/mol. The van der Waals surface area contributed by atoms with Gasteiger partial charge < -0.3 is 10.1 Å². The molecule has 0 amide bonds. The van der Waals surface area contributed by atoms with Gasteiger partial charge in [-0.15, -0.1) is 0 Å². The van der Waals surface area contributed by atoms with E-state index < -0.39 is 0 Å². The van der Waals surface area contributed by atoms with Crippen LogP contribution in [0, 0.1) is 23.5 Å². The lowest BCUT2D eigenvalue weighted by Crippen LogP contribution is -2.21. The minimum absolute atomic E-state index is 0.0539. The molecule has 0 saturated carbocycles. The number of rotatable bonds is 3. The monoisotopic (exact) mass is 304 g/mol. The maximum absolute atomic E-state index is 9.34. The molecule has 3 heterocycles. The summed E-state index contributed by atoms with van der Waals surface area (Å²) in [6.07, 6.45) is 4.06. The summed E-state index contributed by atoms with van der Waals surface area (Å²) in [5.41, 5.74) is 1.82. The molecule has 0 bridgehead atoms. The second kappa shape index (κ2) is 5.56. The largest absolute Gasteiger partial charge is 0.459 e. The van der Waals surface area contributed by atoms with E-state index in [1.54, 1.807) is 17.0 Å². The van der Waals surface area contributed by atoms with Gasteiger partial charge in [0.15, 0.2) is 5.82 Å². The summed E-state index contributed by atoms with van der Waals surface area (Å²) in [7, 11) is 0. The van der Waals surface area contributed by atoms with Gasteiger partial charge in [0.25, 0.3) is 0 Å². The van der Waals surface area contributed by atoms with Crippen molar-refractivity contribution in [1.29, 1.82) is 5.26 Å². The van der Waals surface area contributed by atoms with Gasteiger partial charge in [-0.2, -0.15) is 10.2 Å². The van der Waals surface area contributed by atoms with E-state index in [1.165, 1.54) is 6.20 Å². The maximum atomic E-state index is 9.34. The van der Waals surface area contributed by atoms with E-state index in [-0.39, 0.29) is 12.1 Å². The zero-order valence-corrected chi connectivity index (χ0v) is 12.2. The average molecular weight is 304 g/mol. The molecule has 1 fully saturated rings. The minimum Gasteiger partial charge on any atom is -0.459 e. The van der Waals surface area contributed by atoms with Crippen molar-refractivity contribution in [2.24, 2.45) is 0 Å². The van der Waals surface area contributed by atoms with E-state index in [2.05, 4.69) is 38.5 Å². The standard InChI is InChI=1S/C16H12N6O/c17-7-11-8-19-16(23-12-5-6-18-9-12)21-15(11)22-10-20-13-3-1-2-4-14(13)22/h2,4,8,10,12,18H,5-6,9H2. The molecule has 1 saturated heterocycles. The highest BCUT2D eigenvalue weighted by atomic mass is 16.5. The normalized spacial score (nSPS) is 16.9. The van der Waals surface area contributed by atoms with Crippen LogP contribution in [0.5, 0.6) is 6.01 Å². The third kappa shape index (κ3) is 2.44. The Morgan fingerprint density at radius 2 is 2.39 bits per heavy atom. The quantitative estimate of drug-likeness (QED) is 0.777. The molecule has 1 aromatic carbocycles. The first-order valence-corrected chi connectivity index (χ1v) is 7.25. The molecule has 1 unspecified atom stereocenters. The molecule has 0 aliphatic carbocycles. The fourth-order valence-electron chi connectivity index (χ4n) is 2.57. The fourth-order valence-corrected chi connectivity index (χ4v) is 2.57. The first-order valence-electron chi connectivity index (χ1n) is 7.25. The number of fused-ring (bicyclic) bond motifs is 1. The lowest BCUT2D eigenvalue weighted by atomic mass is 10.3. The second-order valence-electron chi connectivity index (χ2n) is 5.19. The average Bonchev–Trinajstić information content (AvgIpc) is 3.24. The van der Waals surface area contributed by atoms with Crippen molar-refractivity contribution in [2.45, 2.75) is 12.5 Å². The number of nitrogens with zero attached hydrogens (tertiary/aromatic N) is 5. The summed E-state index contributed by atoms with van der Waals surface area (Å²) in [4.78, 5) is 12.8. The Kier molecular flexibility index (Phi) is 3.26. The lowest BCUT2D eigenvalue weighted by Gasteiger charge is -2.12. The van der Waals surface area contributed by atoms with Crippen LogP contribution in [0.3, 0.4) is 0 Å². The maximum Gasteiger partial charge on any atom is 0.318 e. The van der Waals surface area contributed by atoms with Crippen LogP contribution in [0.2, 0.25) is 0 Å². The van der Waals surface area contributed by atoms with Crippen LogP contribution >= 0.6 is 0 Å². The molecule has 1 aliphatic heterocycles. The summed E-state index contributed by atoms with van der Waals surface area (Å²) in [6.45, 7) is 1.70. The van der Waals surface area contributed by atoms with Gasteiger partial charge in [-0.05, 0) is 31.2 Å². The van der Waals surface area contributed by atoms with E-state index in [9.17, 15) is 5.26 Å². The van der Waals surface area contributed by atoms with E-state index in [4.69, 9.17) is 4.74 Å². The molecule has 7 nitrogen and oxygen atoms in total. The lowest BCUT2D eigenvalue weighted by molar-refractivity contribution is 0.204. The number of nitrogens with one attached hydrogen (secondary N) is 1. The van der Waals surface area contributed by atoms with Crippen LogP contribution in [0.1, 0.15) is 12.0 Å². The highest BCUT2D eigenvalue weighted by Gasteiger charge is 2.19. The van der Waals surface area contributed by atoms with E-state index in [0.29, 0.717) is 16.9 Å². The number of ether oxygens (including phenoxy) is 1. The highest BCUT2D eigenvalue weighted by Crippen LogP contribution is 2.20. The fraction of sp³-hybridized carbons (Fsp3) is 0.250. The number of nitriles is 1. The Morgan fingerprint density at radius 1 is 1.43 bits per heavy atom. The van der Waals surface area contributed by atoms with Gasteiger partial charge in [-0.25, -0.2) is 9.97 Å². The first-order chi connectivity index (χ1) is 11.3. The van der Waals surface area contributed by atoms with Crippen LogP contribution in [-0.2, 0) is 0 Å². The van der Waals surface area contributed by atoms with Gasteiger partial charge in [-0.1, -0.05) is 6.07 Å². The first kappa shape index (κ1) is 13.5. The minimum atomic E-state index is 0.0539. The van der Waals surface area contributed by atoms with Gasteiger partial charge >= 0.3 is 6.01 Å². The summed E-state index contributed by atoms with van der Waals surface area (Å²) >= 11 is 0. The summed E-state index contributed by atoms with van der Waals surface area (Å²) in [5.74, 6) is 0.450. The van der Waals surface area contributed by atoms with Crippen LogP contribution in [0.4, 0.5) is 0 Å². The van der Waals surface area contributed by atoms with Crippen LogP contribution in [0.15, 0.2) is 24.7 Å². The molecule has 1 N–H and O–H groups in total. The molecule has 112 valence electrons. The topological polar surface area (TPSA) is 88.6 Å². The number of imidazole rings is 1. The molecule has 0 spiro atoms.